The highest BCUT2D eigenvalue weighted by Crippen LogP contribution is 2.49. The van der Waals surface area contributed by atoms with Crippen molar-refractivity contribution in [3.8, 4) is 17.1 Å². The van der Waals surface area contributed by atoms with Crippen molar-refractivity contribution in [3.63, 3.8) is 0 Å². The Labute approximate surface area is 153 Å². The van der Waals surface area contributed by atoms with Crippen molar-refractivity contribution in [1.29, 1.82) is 0 Å². The Balaban J connectivity index is 1.72. The normalized spacial score (nSPS) is 21.2. The highest BCUT2D eigenvalue weighted by molar-refractivity contribution is 6.32. The van der Waals surface area contributed by atoms with Crippen molar-refractivity contribution in [1.82, 2.24) is 14.8 Å². The predicted molar refractivity (Wildman–Crippen MR) is 93.9 cm³/mol. The first kappa shape index (κ1) is 16.8. The van der Waals surface area contributed by atoms with Crippen molar-refractivity contribution in [2.45, 2.75) is 25.5 Å². The number of rotatable bonds is 3. The van der Waals surface area contributed by atoms with Crippen molar-refractivity contribution < 1.29 is 13.5 Å². The maximum absolute atomic E-state index is 14.3. The molecule has 0 amide bonds. The molecule has 1 aliphatic heterocycles. The van der Waals surface area contributed by atoms with Gasteiger partial charge in [0.15, 0.2) is 17.2 Å². The first-order valence-electron chi connectivity index (χ1n) is 7.96. The largest absolute Gasteiger partial charge is 0.476 e. The predicted octanol–water partition coefficient (Wildman–Crippen LogP) is 4.33. The molecule has 2 aromatic carbocycles. The van der Waals surface area contributed by atoms with Gasteiger partial charge in [0.25, 0.3) is 0 Å². The van der Waals surface area contributed by atoms with Gasteiger partial charge in [-0.15, -0.1) is 10.2 Å². The van der Waals surface area contributed by atoms with Crippen LogP contribution < -0.4 is 10.5 Å². The number of fused-ring (bicyclic) bond motifs is 1. The number of aromatic nitrogens is 3. The molecule has 1 aromatic heterocycles. The second-order valence-electron chi connectivity index (χ2n) is 6.42. The van der Waals surface area contributed by atoms with E-state index in [-0.39, 0.29) is 11.1 Å². The van der Waals surface area contributed by atoms with Crippen LogP contribution in [0.2, 0.25) is 5.02 Å². The van der Waals surface area contributed by atoms with Crippen LogP contribution in [-0.4, -0.2) is 14.8 Å². The van der Waals surface area contributed by atoms with Gasteiger partial charge in [0.05, 0.1) is 16.6 Å². The number of benzene rings is 2. The molecule has 2 N–H and O–H groups in total. The molecule has 3 aromatic rings. The molecule has 0 bridgehead atoms. The summed E-state index contributed by atoms with van der Waals surface area (Å²) >= 11 is 6.06. The zero-order valence-electron chi connectivity index (χ0n) is 14.0. The number of nitrogens with two attached hydrogens (primary N) is 1. The fourth-order valence-electron chi connectivity index (χ4n) is 3.18. The van der Waals surface area contributed by atoms with E-state index in [0.717, 1.165) is 0 Å². The van der Waals surface area contributed by atoms with Gasteiger partial charge in [-0.1, -0.05) is 11.6 Å². The molecule has 2 atom stereocenters. The number of hydrogen-bond acceptors (Lipinski definition) is 4. The fourth-order valence-corrected chi connectivity index (χ4v) is 3.38. The molecule has 5 nitrogen and oxygen atoms in total. The van der Waals surface area contributed by atoms with Crippen molar-refractivity contribution in [2.75, 3.05) is 5.73 Å². The minimum absolute atomic E-state index is 0.168. The Morgan fingerprint density at radius 1 is 1.19 bits per heavy atom. The van der Waals surface area contributed by atoms with Crippen LogP contribution in [0.5, 0.6) is 5.75 Å². The molecule has 26 heavy (non-hydrogen) atoms. The Morgan fingerprint density at radius 2 is 1.96 bits per heavy atom. The van der Waals surface area contributed by atoms with E-state index in [0.29, 0.717) is 28.6 Å². The summed E-state index contributed by atoms with van der Waals surface area (Å²) in [5.41, 5.74) is 5.43. The van der Waals surface area contributed by atoms with E-state index in [4.69, 9.17) is 22.1 Å². The van der Waals surface area contributed by atoms with Crippen LogP contribution in [0.15, 0.2) is 36.4 Å². The zero-order chi connectivity index (χ0) is 18.6. The van der Waals surface area contributed by atoms with Crippen molar-refractivity contribution in [3.05, 3.63) is 58.9 Å². The van der Waals surface area contributed by atoms with Gasteiger partial charge in [0.2, 0.25) is 0 Å². The monoisotopic (exact) mass is 376 g/mol. The second kappa shape index (κ2) is 5.67. The van der Waals surface area contributed by atoms with E-state index < -0.39 is 17.2 Å². The molecule has 0 saturated carbocycles. The number of halogens is 3. The van der Waals surface area contributed by atoms with E-state index in [9.17, 15) is 8.78 Å². The Kier molecular flexibility index (Phi) is 3.66. The molecule has 0 radical (unpaired) electrons. The van der Waals surface area contributed by atoms with Crippen LogP contribution in [0, 0.1) is 11.6 Å². The molecular formula is C18H15ClF2N4O. The van der Waals surface area contributed by atoms with Gasteiger partial charge >= 0.3 is 0 Å². The van der Waals surface area contributed by atoms with Crippen molar-refractivity contribution in [2.24, 2.45) is 0 Å². The molecular weight excluding hydrogens is 362 g/mol. The van der Waals surface area contributed by atoms with E-state index in [1.165, 1.54) is 24.3 Å². The lowest BCUT2D eigenvalue weighted by Gasteiger charge is -2.45. The fraction of sp³-hybridized carbons (Fsp3) is 0.222. The molecule has 4 rings (SSSR count). The Bertz CT molecular complexity index is 1020. The number of hydrogen-bond donors (Lipinski definition) is 1. The van der Waals surface area contributed by atoms with E-state index in [1.807, 2.05) is 13.8 Å². The van der Waals surface area contributed by atoms with Gasteiger partial charge in [-0.25, -0.2) is 8.78 Å². The molecule has 0 fully saturated rings. The summed E-state index contributed by atoms with van der Waals surface area (Å²) in [6.07, 6.45) is 0. The van der Waals surface area contributed by atoms with Gasteiger partial charge in [0.1, 0.15) is 17.4 Å². The average molecular weight is 377 g/mol. The second-order valence-corrected chi connectivity index (χ2v) is 6.82. The van der Waals surface area contributed by atoms with E-state index in [1.54, 1.807) is 16.7 Å². The summed E-state index contributed by atoms with van der Waals surface area (Å²) in [5, 5.41) is 8.45. The van der Waals surface area contributed by atoms with Crippen LogP contribution >= 0.6 is 11.6 Å². The van der Waals surface area contributed by atoms with Gasteiger partial charge in [-0.2, -0.15) is 0 Å². The van der Waals surface area contributed by atoms with Gasteiger partial charge < -0.3 is 15.0 Å². The third-order valence-corrected chi connectivity index (χ3v) is 5.07. The summed E-state index contributed by atoms with van der Waals surface area (Å²) < 4.78 is 35.3. The first-order valence-corrected chi connectivity index (χ1v) is 8.34. The quantitative estimate of drug-likeness (QED) is 0.691. The number of nitrogens with zero attached hydrogens (tertiary/aromatic N) is 3. The molecule has 134 valence electrons. The summed E-state index contributed by atoms with van der Waals surface area (Å²) in [7, 11) is 0. The molecule has 0 spiro atoms. The van der Waals surface area contributed by atoms with Crippen LogP contribution in [0.3, 0.4) is 0 Å². The van der Waals surface area contributed by atoms with Crippen molar-refractivity contribution >= 4 is 17.3 Å². The lowest BCUT2D eigenvalue weighted by Crippen LogP contribution is -2.50. The molecule has 8 heteroatoms. The maximum Gasteiger partial charge on any atom is 0.186 e. The average Bonchev–Trinajstić information content (AvgIpc) is 2.99. The Hall–Kier alpha value is -2.67. The molecule has 0 aliphatic carbocycles. The molecule has 2 heterocycles. The number of nitrogen functional groups attached to an aromatic ring is 1. The molecule has 2 unspecified atom stereocenters. The number of ether oxygens (including phenoxy) is 1. The topological polar surface area (TPSA) is 66.0 Å². The Morgan fingerprint density at radius 3 is 2.65 bits per heavy atom. The third-order valence-electron chi connectivity index (χ3n) is 4.77. The first-order chi connectivity index (χ1) is 12.3. The van der Waals surface area contributed by atoms with E-state index in [2.05, 4.69) is 10.2 Å². The lowest BCUT2D eigenvalue weighted by atomic mass is 9.87. The summed E-state index contributed by atoms with van der Waals surface area (Å²) in [5.74, 6) is 0.367. The zero-order valence-corrected chi connectivity index (χ0v) is 14.8. The summed E-state index contributed by atoms with van der Waals surface area (Å²) in [4.78, 5) is 0. The summed E-state index contributed by atoms with van der Waals surface area (Å²) in [6, 6.07) is 8.15. The molecule has 0 saturated heterocycles. The minimum Gasteiger partial charge on any atom is -0.476 e. The SMILES string of the molecule is CC1n2c(-c3ccc(N)cc3F)nnc2C1(C)Oc1ccc(F)cc1Cl. The highest BCUT2D eigenvalue weighted by Gasteiger charge is 2.53. The maximum atomic E-state index is 14.3. The van der Waals surface area contributed by atoms with Crippen LogP contribution in [0.4, 0.5) is 14.5 Å². The number of anilines is 1. The minimum atomic E-state index is -0.822. The third kappa shape index (κ3) is 2.34. The van der Waals surface area contributed by atoms with Gasteiger partial charge in [0, 0.05) is 5.69 Å². The van der Waals surface area contributed by atoms with E-state index >= 15 is 0 Å². The summed E-state index contributed by atoms with van der Waals surface area (Å²) in [6.45, 7) is 3.75. The highest BCUT2D eigenvalue weighted by atomic mass is 35.5. The van der Waals surface area contributed by atoms with Crippen LogP contribution in [0.25, 0.3) is 11.4 Å². The standard InChI is InChI=1S/C18H15ClF2N4O/c1-9-18(2,26-15-6-3-10(20)7-13(15)19)17-24-23-16(25(9)17)12-5-4-11(22)8-14(12)21/h3-9H,22H2,1-2H3. The van der Waals surface area contributed by atoms with Crippen LogP contribution in [-0.2, 0) is 5.60 Å². The molecule has 1 aliphatic rings. The smallest absolute Gasteiger partial charge is 0.186 e. The van der Waals surface area contributed by atoms with Gasteiger partial charge in [-0.3, -0.25) is 0 Å². The lowest BCUT2D eigenvalue weighted by molar-refractivity contribution is -0.0251. The van der Waals surface area contributed by atoms with Crippen LogP contribution in [0.1, 0.15) is 25.7 Å². The van der Waals surface area contributed by atoms with Gasteiger partial charge in [-0.05, 0) is 50.2 Å².